The van der Waals surface area contributed by atoms with E-state index < -0.39 is 6.04 Å². The Morgan fingerprint density at radius 2 is 1.65 bits per heavy atom. The molecule has 0 saturated heterocycles. The van der Waals surface area contributed by atoms with Gasteiger partial charge in [0.15, 0.2) is 18.1 Å². The number of rotatable bonds is 10. The topological polar surface area (TPSA) is 67.9 Å². The zero-order valence-electron chi connectivity index (χ0n) is 18.2. The first-order valence-electron chi connectivity index (χ1n) is 10.1. The Morgan fingerprint density at radius 1 is 1.03 bits per heavy atom. The maximum atomic E-state index is 13.2. The number of carbonyl (C=O) groups excluding carboxylic acids is 2. The number of halogens is 2. The average molecular weight is 467 g/mol. The first kappa shape index (κ1) is 24.8. The lowest BCUT2D eigenvalue weighted by molar-refractivity contribution is -0.143. The van der Waals surface area contributed by atoms with Gasteiger partial charge in [-0.05, 0) is 44.5 Å². The molecule has 2 amide bonds. The summed E-state index contributed by atoms with van der Waals surface area (Å²) in [6.45, 7) is 5.39. The van der Waals surface area contributed by atoms with Crippen molar-refractivity contribution in [3.05, 3.63) is 58.1 Å². The van der Waals surface area contributed by atoms with E-state index in [-0.39, 0.29) is 31.0 Å². The summed E-state index contributed by atoms with van der Waals surface area (Å²) in [5, 5.41) is 3.73. The fraction of sp³-hybridized carbons (Fsp3) is 0.391. The van der Waals surface area contributed by atoms with E-state index in [4.69, 9.17) is 32.7 Å². The molecule has 1 unspecified atom stereocenters. The third kappa shape index (κ3) is 6.77. The number of ether oxygens (including phenoxy) is 2. The molecule has 0 aromatic heterocycles. The molecule has 1 atom stereocenters. The maximum Gasteiger partial charge on any atom is 0.261 e. The molecular formula is C23H28Cl2N2O4. The van der Waals surface area contributed by atoms with Gasteiger partial charge in [-0.3, -0.25) is 9.59 Å². The molecule has 0 aliphatic heterocycles. The summed E-state index contributed by atoms with van der Waals surface area (Å²) in [6.07, 6.45) is 0.418. The maximum absolute atomic E-state index is 13.2. The van der Waals surface area contributed by atoms with Gasteiger partial charge in [0.1, 0.15) is 6.04 Å². The largest absolute Gasteiger partial charge is 0.493 e. The van der Waals surface area contributed by atoms with Crippen LogP contribution >= 0.6 is 23.2 Å². The number of amides is 2. The van der Waals surface area contributed by atoms with Gasteiger partial charge >= 0.3 is 0 Å². The quantitative estimate of drug-likeness (QED) is 0.550. The Labute approximate surface area is 193 Å². The van der Waals surface area contributed by atoms with E-state index in [1.165, 1.54) is 12.0 Å². The monoisotopic (exact) mass is 466 g/mol. The predicted octanol–water partition coefficient (Wildman–Crippen LogP) is 4.71. The van der Waals surface area contributed by atoms with Gasteiger partial charge in [0, 0.05) is 28.2 Å². The first-order chi connectivity index (χ1) is 14.8. The minimum absolute atomic E-state index is 0.0627. The highest BCUT2D eigenvalue weighted by Gasteiger charge is 2.30. The number of nitrogens with one attached hydrogen (secondary N) is 1. The van der Waals surface area contributed by atoms with Crippen molar-refractivity contribution in [1.29, 1.82) is 0 Å². The fourth-order valence-corrected chi connectivity index (χ4v) is 3.63. The molecule has 6 nitrogen and oxygen atoms in total. The molecule has 0 fully saturated rings. The van der Waals surface area contributed by atoms with Gasteiger partial charge in [0.05, 0.1) is 7.11 Å². The highest BCUT2D eigenvalue weighted by molar-refractivity contribution is 6.36. The van der Waals surface area contributed by atoms with E-state index >= 15 is 0 Å². The second-order valence-corrected chi connectivity index (χ2v) is 8.06. The molecular weight excluding hydrogens is 439 g/mol. The lowest BCUT2D eigenvalue weighted by atomic mass is 10.1. The molecule has 2 rings (SSSR count). The average Bonchev–Trinajstić information content (AvgIpc) is 2.73. The van der Waals surface area contributed by atoms with Crippen LogP contribution in [0.1, 0.15) is 32.8 Å². The van der Waals surface area contributed by atoms with Crippen LogP contribution in [0.4, 0.5) is 0 Å². The van der Waals surface area contributed by atoms with E-state index in [1.54, 1.807) is 36.4 Å². The SMILES string of the molecule is CCC(C(=O)NC(C)C)N(Cc1c(Cl)cccc1Cl)C(=O)COc1ccccc1OC. The van der Waals surface area contributed by atoms with Crippen LogP contribution in [0, 0.1) is 0 Å². The zero-order valence-corrected chi connectivity index (χ0v) is 19.7. The van der Waals surface area contributed by atoms with Crippen molar-refractivity contribution in [3.8, 4) is 11.5 Å². The summed E-state index contributed by atoms with van der Waals surface area (Å²) in [5.41, 5.74) is 0.576. The molecule has 0 aliphatic carbocycles. The number of para-hydroxylation sites is 2. The molecule has 8 heteroatoms. The number of nitrogens with zero attached hydrogens (tertiary/aromatic N) is 1. The third-order valence-electron chi connectivity index (χ3n) is 4.63. The van der Waals surface area contributed by atoms with Gasteiger partial charge in [-0.15, -0.1) is 0 Å². The van der Waals surface area contributed by atoms with E-state index in [1.807, 2.05) is 26.8 Å². The van der Waals surface area contributed by atoms with Gasteiger partial charge < -0.3 is 19.7 Å². The van der Waals surface area contributed by atoms with Crippen molar-refractivity contribution < 1.29 is 19.1 Å². The molecule has 0 saturated carbocycles. The van der Waals surface area contributed by atoms with Gasteiger partial charge in [0.2, 0.25) is 5.91 Å². The van der Waals surface area contributed by atoms with E-state index in [2.05, 4.69) is 5.32 Å². The number of methoxy groups -OCH3 is 1. The van der Waals surface area contributed by atoms with Gasteiger partial charge in [-0.1, -0.05) is 48.3 Å². The summed E-state index contributed by atoms with van der Waals surface area (Å²) >= 11 is 12.7. The van der Waals surface area contributed by atoms with Crippen LogP contribution in [0.15, 0.2) is 42.5 Å². The van der Waals surface area contributed by atoms with Crippen molar-refractivity contribution >= 4 is 35.0 Å². The molecule has 0 radical (unpaired) electrons. The number of benzene rings is 2. The highest BCUT2D eigenvalue weighted by atomic mass is 35.5. The summed E-state index contributed by atoms with van der Waals surface area (Å²) in [5.74, 6) is 0.341. The minimum atomic E-state index is -0.705. The van der Waals surface area contributed by atoms with E-state index in [9.17, 15) is 9.59 Å². The standard InChI is InChI=1S/C23H28Cl2N2O4/c1-5-19(23(29)26-15(2)3)27(13-16-17(24)9-8-10-18(16)25)22(28)14-31-21-12-7-6-11-20(21)30-4/h6-12,15,19H,5,13-14H2,1-4H3,(H,26,29). The lowest BCUT2D eigenvalue weighted by Crippen LogP contribution is -2.51. The van der Waals surface area contributed by atoms with Crippen LogP contribution in [0.5, 0.6) is 11.5 Å². The van der Waals surface area contributed by atoms with Crippen molar-refractivity contribution in [3.63, 3.8) is 0 Å². The normalized spacial score (nSPS) is 11.7. The van der Waals surface area contributed by atoms with E-state index in [0.29, 0.717) is 33.5 Å². The Morgan fingerprint density at radius 3 is 2.19 bits per heavy atom. The second-order valence-electron chi connectivity index (χ2n) is 7.25. The molecule has 168 valence electrons. The molecule has 0 spiro atoms. The van der Waals surface area contributed by atoms with Crippen LogP contribution in [0.3, 0.4) is 0 Å². The van der Waals surface area contributed by atoms with Crippen LogP contribution < -0.4 is 14.8 Å². The van der Waals surface area contributed by atoms with Crippen molar-refractivity contribution in [2.75, 3.05) is 13.7 Å². The number of hydrogen-bond acceptors (Lipinski definition) is 4. The highest BCUT2D eigenvalue weighted by Crippen LogP contribution is 2.28. The molecule has 2 aromatic rings. The molecule has 1 N–H and O–H groups in total. The number of hydrogen-bond donors (Lipinski definition) is 1. The smallest absolute Gasteiger partial charge is 0.261 e. The van der Waals surface area contributed by atoms with Crippen molar-refractivity contribution in [1.82, 2.24) is 10.2 Å². The Bertz CT molecular complexity index is 885. The summed E-state index contributed by atoms with van der Waals surface area (Å²) < 4.78 is 11.0. The van der Waals surface area contributed by atoms with Crippen LogP contribution in [-0.2, 0) is 16.1 Å². The number of carbonyl (C=O) groups is 2. The van der Waals surface area contributed by atoms with E-state index in [0.717, 1.165) is 0 Å². The molecule has 2 aromatic carbocycles. The van der Waals surface area contributed by atoms with Crippen LogP contribution in [0.2, 0.25) is 10.0 Å². The summed E-state index contributed by atoms with van der Waals surface area (Å²) in [4.78, 5) is 27.5. The molecule has 0 bridgehead atoms. The van der Waals surface area contributed by atoms with Gasteiger partial charge in [-0.25, -0.2) is 0 Å². The second kappa shape index (κ2) is 11.8. The summed E-state index contributed by atoms with van der Waals surface area (Å²) in [7, 11) is 1.53. The summed E-state index contributed by atoms with van der Waals surface area (Å²) in [6, 6.07) is 11.4. The predicted molar refractivity (Wildman–Crippen MR) is 123 cm³/mol. The van der Waals surface area contributed by atoms with Crippen LogP contribution in [0.25, 0.3) is 0 Å². The van der Waals surface area contributed by atoms with Gasteiger partial charge in [-0.2, -0.15) is 0 Å². The molecule has 0 heterocycles. The fourth-order valence-electron chi connectivity index (χ4n) is 3.11. The molecule has 0 aliphatic rings. The Balaban J connectivity index is 2.31. The lowest BCUT2D eigenvalue weighted by Gasteiger charge is -2.31. The first-order valence-corrected chi connectivity index (χ1v) is 10.8. The third-order valence-corrected chi connectivity index (χ3v) is 5.34. The minimum Gasteiger partial charge on any atom is -0.493 e. The van der Waals surface area contributed by atoms with Crippen molar-refractivity contribution in [2.45, 2.75) is 45.8 Å². The Hall–Kier alpha value is -2.44. The zero-order chi connectivity index (χ0) is 23.0. The Kier molecular flexibility index (Phi) is 9.46. The van der Waals surface area contributed by atoms with Gasteiger partial charge in [0.25, 0.3) is 5.91 Å². The molecule has 31 heavy (non-hydrogen) atoms. The van der Waals surface area contributed by atoms with Crippen LogP contribution in [-0.4, -0.2) is 42.5 Å². The van der Waals surface area contributed by atoms with Crippen molar-refractivity contribution in [2.24, 2.45) is 0 Å².